The fourth-order valence-corrected chi connectivity index (χ4v) is 4.04. The van der Waals surface area contributed by atoms with Crippen LogP contribution in [0.2, 0.25) is 10.0 Å². The molecule has 0 unspecified atom stereocenters. The Morgan fingerprint density at radius 2 is 1.48 bits per heavy atom. The topological polar surface area (TPSA) is 36.3 Å². The summed E-state index contributed by atoms with van der Waals surface area (Å²) >= 11 is 13.2. The first-order chi connectivity index (χ1) is 15.0. The standard InChI is InChI=1S/C24H19Cl2FN2O2/c1-30-20-9-5-3-7-17(20)23-22(26)24(18-8-4-6-10-21(18)31-2)29(28-23)14-15-11-12-16(27)13-19(15)25/h3-13H,14H2,1-2H3. The van der Waals surface area contributed by atoms with Crippen molar-refractivity contribution < 1.29 is 13.9 Å². The van der Waals surface area contributed by atoms with Crippen LogP contribution >= 0.6 is 23.2 Å². The van der Waals surface area contributed by atoms with Crippen LogP contribution in [-0.4, -0.2) is 24.0 Å². The normalized spacial score (nSPS) is 10.9. The number of para-hydroxylation sites is 2. The van der Waals surface area contributed by atoms with Crippen LogP contribution in [0.1, 0.15) is 5.56 Å². The Labute approximate surface area is 189 Å². The van der Waals surface area contributed by atoms with E-state index in [1.54, 1.807) is 25.0 Å². The first-order valence-electron chi connectivity index (χ1n) is 9.50. The van der Waals surface area contributed by atoms with Gasteiger partial charge in [-0.2, -0.15) is 5.10 Å². The van der Waals surface area contributed by atoms with Gasteiger partial charge in [0, 0.05) is 16.1 Å². The summed E-state index contributed by atoms with van der Waals surface area (Å²) in [6.07, 6.45) is 0. The molecule has 4 nitrogen and oxygen atoms in total. The molecule has 1 heterocycles. The van der Waals surface area contributed by atoms with Crippen LogP contribution in [0.5, 0.6) is 11.5 Å². The van der Waals surface area contributed by atoms with E-state index in [0.717, 1.165) is 11.1 Å². The van der Waals surface area contributed by atoms with E-state index in [-0.39, 0.29) is 0 Å². The maximum Gasteiger partial charge on any atom is 0.128 e. The Bertz CT molecular complexity index is 1240. The highest BCUT2D eigenvalue weighted by Crippen LogP contribution is 2.42. The molecule has 0 radical (unpaired) electrons. The first kappa shape index (κ1) is 21.2. The summed E-state index contributed by atoms with van der Waals surface area (Å²) < 4.78 is 26.4. The number of halogens is 3. The first-order valence-corrected chi connectivity index (χ1v) is 10.3. The van der Waals surface area contributed by atoms with Gasteiger partial charge >= 0.3 is 0 Å². The largest absolute Gasteiger partial charge is 0.496 e. The quantitative estimate of drug-likeness (QED) is 0.322. The number of nitrogens with zero attached hydrogens (tertiary/aromatic N) is 2. The van der Waals surface area contributed by atoms with Gasteiger partial charge in [-0.05, 0) is 42.0 Å². The highest BCUT2D eigenvalue weighted by atomic mass is 35.5. The molecule has 31 heavy (non-hydrogen) atoms. The van der Waals surface area contributed by atoms with Gasteiger partial charge in [0.05, 0.1) is 31.5 Å². The average Bonchev–Trinajstić information content (AvgIpc) is 3.11. The van der Waals surface area contributed by atoms with Crippen LogP contribution in [0.15, 0.2) is 66.7 Å². The highest BCUT2D eigenvalue weighted by molar-refractivity contribution is 6.36. The molecule has 0 saturated heterocycles. The number of hydrogen-bond donors (Lipinski definition) is 0. The molecule has 0 aliphatic carbocycles. The van der Waals surface area contributed by atoms with E-state index in [4.69, 9.17) is 37.8 Å². The molecule has 158 valence electrons. The van der Waals surface area contributed by atoms with Crippen molar-refractivity contribution >= 4 is 23.2 Å². The fourth-order valence-electron chi connectivity index (χ4n) is 3.48. The van der Waals surface area contributed by atoms with Gasteiger partial charge in [0.15, 0.2) is 0 Å². The Kier molecular flexibility index (Phi) is 6.16. The number of rotatable bonds is 6. The van der Waals surface area contributed by atoms with E-state index in [9.17, 15) is 4.39 Å². The van der Waals surface area contributed by atoms with Gasteiger partial charge in [-0.15, -0.1) is 0 Å². The lowest BCUT2D eigenvalue weighted by Gasteiger charge is -2.12. The molecule has 0 fully saturated rings. The zero-order valence-corrected chi connectivity index (χ0v) is 18.4. The van der Waals surface area contributed by atoms with Gasteiger partial charge in [0.25, 0.3) is 0 Å². The zero-order valence-electron chi connectivity index (χ0n) is 16.9. The number of hydrogen-bond acceptors (Lipinski definition) is 3. The maximum atomic E-state index is 13.5. The number of methoxy groups -OCH3 is 2. The second-order valence-electron chi connectivity index (χ2n) is 6.81. The smallest absolute Gasteiger partial charge is 0.128 e. The molecule has 7 heteroatoms. The molecule has 4 aromatic rings. The SMILES string of the molecule is COc1ccccc1-c1nn(Cc2ccc(F)cc2Cl)c(-c2ccccc2OC)c1Cl. The molecule has 1 aromatic heterocycles. The van der Waals surface area contributed by atoms with Gasteiger partial charge in [0.1, 0.15) is 23.0 Å². The zero-order chi connectivity index (χ0) is 22.0. The average molecular weight is 457 g/mol. The molecule has 3 aromatic carbocycles. The number of benzene rings is 3. The molecule has 0 aliphatic heterocycles. The van der Waals surface area contributed by atoms with E-state index < -0.39 is 5.82 Å². The lowest BCUT2D eigenvalue weighted by Crippen LogP contribution is -2.05. The minimum Gasteiger partial charge on any atom is -0.496 e. The van der Waals surface area contributed by atoms with Crippen LogP contribution in [-0.2, 0) is 6.54 Å². The Morgan fingerprint density at radius 3 is 2.13 bits per heavy atom. The van der Waals surface area contributed by atoms with E-state index in [1.165, 1.54) is 12.1 Å². The summed E-state index contributed by atoms with van der Waals surface area (Å²) in [5.74, 6) is 0.912. The van der Waals surface area contributed by atoms with E-state index >= 15 is 0 Å². The van der Waals surface area contributed by atoms with E-state index in [1.807, 2.05) is 48.5 Å². The molecule has 4 rings (SSSR count). The lowest BCUT2D eigenvalue weighted by molar-refractivity contribution is 0.416. The third-order valence-corrected chi connectivity index (χ3v) is 5.66. The third-order valence-electron chi connectivity index (χ3n) is 4.95. The lowest BCUT2D eigenvalue weighted by atomic mass is 10.1. The van der Waals surface area contributed by atoms with Gasteiger partial charge in [-0.3, -0.25) is 4.68 Å². The van der Waals surface area contributed by atoms with Gasteiger partial charge < -0.3 is 9.47 Å². The van der Waals surface area contributed by atoms with Crippen molar-refractivity contribution in [3.63, 3.8) is 0 Å². The summed E-state index contributed by atoms with van der Waals surface area (Å²) in [4.78, 5) is 0. The second kappa shape index (κ2) is 9.00. The van der Waals surface area contributed by atoms with Gasteiger partial charge in [0.2, 0.25) is 0 Å². The van der Waals surface area contributed by atoms with Crippen molar-refractivity contribution in [2.75, 3.05) is 14.2 Å². The Morgan fingerprint density at radius 1 is 0.871 bits per heavy atom. The van der Waals surface area contributed by atoms with Crippen molar-refractivity contribution in [3.8, 4) is 34.0 Å². The molecule has 0 aliphatic rings. The predicted octanol–water partition coefficient (Wildman–Crippen LogP) is 6.73. The monoisotopic (exact) mass is 456 g/mol. The van der Waals surface area contributed by atoms with Crippen molar-refractivity contribution in [1.82, 2.24) is 9.78 Å². The van der Waals surface area contributed by atoms with Gasteiger partial charge in [-0.1, -0.05) is 53.5 Å². The van der Waals surface area contributed by atoms with Crippen molar-refractivity contribution in [2.45, 2.75) is 6.54 Å². The molecule has 0 N–H and O–H groups in total. The molecule has 0 bridgehead atoms. The Hall–Kier alpha value is -3.02. The third kappa shape index (κ3) is 4.11. The summed E-state index contributed by atoms with van der Waals surface area (Å²) in [5, 5.41) is 5.56. The summed E-state index contributed by atoms with van der Waals surface area (Å²) in [6.45, 7) is 0.293. The highest BCUT2D eigenvalue weighted by Gasteiger charge is 2.23. The van der Waals surface area contributed by atoms with Crippen molar-refractivity contribution in [3.05, 3.63) is 88.2 Å². The predicted molar refractivity (Wildman–Crippen MR) is 122 cm³/mol. The van der Waals surface area contributed by atoms with Crippen LogP contribution in [0.3, 0.4) is 0 Å². The van der Waals surface area contributed by atoms with Crippen LogP contribution in [0.25, 0.3) is 22.5 Å². The van der Waals surface area contributed by atoms with E-state index in [2.05, 4.69) is 0 Å². The van der Waals surface area contributed by atoms with Crippen LogP contribution in [0, 0.1) is 5.82 Å². The van der Waals surface area contributed by atoms with Crippen LogP contribution < -0.4 is 9.47 Å². The molecular weight excluding hydrogens is 438 g/mol. The van der Waals surface area contributed by atoms with Crippen LogP contribution in [0.4, 0.5) is 4.39 Å². The molecule has 0 atom stereocenters. The summed E-state index contributed by atoms with van der Waals surface area (Å²) in [6, 6.07) is 19.4. The molecule has 0 saturated carbocycles. The Balaban J connectivity index is 1.94. The van der Waals surface area contributed by atoms with Crippen molar-refractivity contribution in [1.29, 1.82) is 0 Å². The fraction of sp³-hybridized carbons (Fsp3) is 0.125. The molecule has 0 amide bonds. The summed E-state index contributed by atoms with van der Waals surface area (Å²) in [5.41, 5.74) is 3.49. The minimum absolute atomic E-state index is 0.293. The van der Waals surface area contributed by atoms with Crippen molar-refractivity contribution in [2.24, 2.45) is 0 Å². The van der Waals surface area contributed by atoms with Gasteiger partial charge in [-0.25, -0.2) is 4.39 Å². The molecule has 0 spiro atoms. The second-order valence-corrected chi connectivity index (χ2v) is 7.59. The minimum atomic E-state index is -0.396. The summed E-state index contributed by atoms with van der Waals surface area (Å²) in [7, 11) is 3.20. The number of ether oxygens (including phenoxy) is 2. The maximum absolute atomic E-state index is 13.5. The van der Waals surface area contributed by atoms with E-state index in [0.29, 0.717) is 45.0 Å². The molecular formula is C24H19Cl2FN2O2. The number of aromatic nitrogens is 2.